The highest BCUT2D eigenvalue weighted by molar-refractivity contribution is 6.05. The molecule has 0 radical (unpaired) electrons. The summed E-state index contributed by atoms with van der Waals surface area (Å²) in [6.07, 6.45) is 7.98. The van der Waals surface area contributed by atoms with Gasteiger partial charge in [-0.05, 0) is 104 Å². The number of piperidine rings is 2. The number of benzene rings is 2. The van der Waals surface area contributed by atoms with E-state index in [1.165, 1.54) is 0 Å². The molecule has 0 bridgehead atoms. The van der Waals surface area contributed by atoms with E-state index in [9.17, 15) is 24.3 Å². The van der Waals surface area contributed by atoms with Crippen LogP contribution in [0.15, 0.2) is 78.2 Å². The summed E-state index contributed by atoms with van der Waals surface area (Å²) in [7, 11) is 0. The van der Waals surface area contributed by atoms with E-state index in [-0.39, 0.29) is 36.2 Å². The number of hydrogen-bond acceptors (Lipinski definition) is 12. The summed E-state index contributed by atoms with van der Waals surface area (Å²) in [5.74, 6) is 0.685. The Balaban J connectivity index is 0.732. The number of amides is 3. The highest BCUT2D eigenvalue weighted by Crippen LogP contribution is 2.39. The normalized spacial score (nSPS) is 21.8. The molecule has 7 heterocycles. The molecule has 0 saturated carbocycles. The second-order valence-corrected chi connectivity index (χ2v) is 17.6. The Morgan fingerprint density at radius 1 is 0.889 bits per heavy atom. The largest absolute Gasteiger partial charge is 0.384 e. The lowest BCUT2D eigenvalue weighted by molar-refractivity contribution is -0.136. The van der Waals surface area contributed by atoms with Crippen molar-refractivity contribution in [2.24, 2.45) is 5.92 Å². The van der Waals surface area contributed by atoms with Gasteiger partial charge in [0.2, 0.25) is 17.8 Å². The van der Waals surface area contributed by atoms with Crippen LogP contribution in [-0.4, -0.2) is 109 Å². The fourth-order valence-corrected chi connectivity index (χ4v) is 10.2. The molecular formula is C47H53N11O5. The van der Waals surface area contributed by atoms with Gasteiger partial charge in [0, 0.05) is 87.6 Å². The van der Waals surface area contributed by atoms with Crippen molar-refractivity contribution in [2.45, 2.75) is 76.6 Å². The van der Waals surface area contributed by atoms with Crippen molar-refractivity contribution in [1.29, 1.82) is 0 Å². The number of carbonyl (C=O) groups is 3. The van der Waals surface area contributed by atoms with E-state index >= 15 is 0 Å². The first-order chi connectivity index (χ1) is 30.6. The number of allylic oxidation sites excluding steroid dienone is 1. The molecular weight excluding hydrogens is 799 g/mol. The van der Waals surface area contributed by atoms with Crippen LogP contribution in [0.5, 0.6) is 0 Å². The van der Waals surface area contributed by atoms with Crippen molar-refractivity contribution in [2.75, 3.05) is 60.9 Å². The van der Waals surface area contributed by atoms with Crippen LogP contribution in [0.3, 0.4) is 0 Å². The number of fused-ring (bicyclic) bond motifs is 3. The number of aliphatic hydroxyl groups is 1. The molecule has 10 rings (SSSR count). The Labute approximate surface area is 365 Å². The highest BCUT2D eigenvalue weighted by Gasteiger charge is 2.40. The molecule has 3 aromatic heterocycles. The molecule has 3 saturated heterocycles. The zero-order valence-corrected chi connectivity index (χ0v) is 35.6. The minimum atomic E-state index is -0.995. The maximum Gasteiger partial charge on any atom is 0.278 e. The van der Waals surface area contributed by atoms with Crippen molar-refractivity contribution in [3.63, 3.8) is 0 Å². The number of nitrogens with zero attached hydrogens (tertiary/aromatic N) is 9. The number of pyridine rings is 1. The maximum absolute atomic E-state index is 13.5. The molecule has 326 valence electrons. The second kappa shape index (κ2) is 16.4. The fourth-order valence-electron chi connectivity index (χ4n) is 10.2. The third-order valence-corrected chi connectivity index (χ3v) is 13.9. The Morgan fingerprint density at radius 3 is 2.40 bits per heavy atom. The molecule has 1 aliphatic carbocycles. The molecule has 3 amide bonds. The number of aromatic nitrogens is 5. The molecule has 2 aromatic carbocycles. The summed E-state index contributed by atoms with van der Waals surface area (Å²) in [4.78, 5) is 74.1. The summed E-state index contributed by atoms with van der Waals surface area (Å²) < 4.78 is 3.25. The fraction of sp³-hybridized carbons (Fsp3) is 0.426. The van der Waals surface area contributed by atoms with Gasteiger partial charge in [-0.15, -0.1) is 6.58 Å². The van der Waals surface area contributed by atoms with Crippen LogP contribution in [0.2, 0.25) is 0 Å². The van der Waals surface area contributed by atoms with Gasteiger partial charge in [-0.1, -0.05) is 19.1 Å². The Hall–Kier alpha value is -6.39. The average Bonchev–Trinajstić information content (AvgIpc) is 3.91. The summed E-state index contributed by atoms with van der Waals surface area (Å²) in [6.45, 7) is 13.4. The van der Waals surface area contributed by atoms with E-state index in [1.54, 1.807) is 26.5 Å². The number of anilines is 4. The van der Waals surface area contributed by atoms with Crippen molar-refractivity contribution in [3.05, 3.63) is 106 Å². The van der Waals surface area contributed by atoms with Crippen LogP contribution in [0.25, 0.3) is 16.9 Å². The van der Waals surface area contributed by atoms with Crippen molar-refractivity contribution >= 4 is 51.8 Å². The second-order valence-electron chi connectivity index (χ2n) is 17.6. The predicted octanol–water partition coefficient (Wildman–Crippen LogP) is 4.25. The van der Waals surface area contributed by atoms with Gasteiger partial charge in [0.1, 0.15) is 17.0 Å². The van der Waals surface area contributed by atoms with Gasteiger partial charge in [-0.3, -0.25) is 29.4 Å². The Bertz CT molecular complexity index is 2680. The summed E-state index contributed by atoms with van der Waals surface area (Å²) >= 11 is 0. The SMILES string of the molecule is C=CCn1c(=O)c2cnc(Nc3ccc(N4CCN(CC5CCN(c6ccc7c(c6)CN(C6CCC(=O)NC6=O)C7=O)CC5)CC4)cc3)nc2n1-c1ccc2c(n1)[C@@](O)(CC)CC2. The third-order valence-electron chi connectivity index (χ3n) is 13.9. The zero-order chi connectivity index (χ0) is 43.4. The quantitative estimate of drug-likeness (QED) is 0.128. The number of rotatable bonds is 11. The molecule has 3 fully saturated rings. The molecule has 5 aliphatic rings. The highest BCUT2D eigenvalue weighted by atomic mass is 16.3. The minimum Gasteiger partial charge on any atom is -0.384 e. The number of carbonyl (C=O) groups excluding carboxylic acids is 3. The van der Waals surface area contributed by atoms with E-state index in [0.29, 0.717) is 65.8 Å². The molecule has 5 aromatic rings. The molecule has 3 N–H and O–H groups in total. The molecule has 4 aliphatic heterocycles. The maximum atomic E-state index is 13.5. The summed E-state index contributed by atoms with van der Waals surface area (Å²) in [5, 5.41) is 17.4. The van der Waals surface area contributed by atoms with E-state index in [4.69, 9.17) is 9.97 Å². The number of piperazine rings is 1. The van der Waals surface area contributed by atoms with Crippen LogP contribution < -0.4 is 26.0 Å². The third kappa shape index (κ3) is 7.54. The topological polar surface area (TPSA) is 174 Å². The number of hydrogen-bond donors (Lipinski definition) is 3. The lowest BCUT2D eigenvalue weighted by Gasteiger charge is -2.40. The summed E-state index contributed by atoms with van der Waals surface area (Å²) in [5.41, 5.74) is 5.56. The van der Waals surface area contributed by atoms with Gasteiger partial charge in [-0.2, -0.15) is 4.98 Å². The van der Waals surface area contributed by atoms with Gasteiger partial charge in [0.05, 0.1) is 12.2 Å². The predicted molar refractivity (Wildman–Crippen MR) is 239 cm³/mol. The van der Waals surface area contributed by atoms with Gasteiger partial charge in [0.25, 0.3) is 11.5 Å². The minimum absolute atomic E-state index is 0.137. The molecule has 16 nitrogen and oxygen atoms in total. The van der Waals surface area contributed by atoms with Gasteiger partial charge < -0.3 is 25.1 Å². The smallest absolute Gasteiger partial charge is 0.278 e. The van der Waals surface area contributed by atoms with Crippen LogP contribution in [0.1, 0.15) is 72.6 Å². The van der Waals surface area contributed by atoms with Crippen LogP contribution in [0.4, 0.5) is 23.0 Å². The first kappa shape index (κ1) is 40.7. The van der Waals surface area contributed by atoms with E-state index in [0.717, 1.165) is 93.3 Å². The Morgan fingerprint density at radius 2 is 1.65 bits per heavy atom. The van der Waals surface area contributed by atoms with Crippen LogP contribution in [-0.2, 0) is 34.7 Å². The van der Waals surface area contributed by atoms with Crippen molar-refractivity contribution < 1.29 is 19.5 Å². The molecule has 0 spiro atoms. The van der Waals surface area contributed by atoms with Crippen LogP contribution in [0, 0.1) is 5.92 Å². The monoisotopic (exact) mass is 851 g/mol. The first-order valence-electron chi connectivity index (χ1n) is 22.3. The van der Waals surface area contributed by atoms with Gasteiger partial charge >= 0.3 is 0 Å². The number of aryl methyl sites for hydroxylation is 1. The van der Waals surface area contributed by atoms with Gasteiger partial charge in [0.15, 0.2) is 11.5 Å². The summed E-state index contributed by atoms with van der Waals surface area (Å²) in [6, 6.07) is 17.6. The standard InChI is InChI=1S/C47H53N11O5/c1-3-19-57-45(62)37-27-48-46(52-42(37)58(57)39-13-5-31-15-18-47(63,4-2)41(31)50-39)49-33-6-8-34(9-7-33)55-24-22-53(23-25-55)28-30-16-20-54(21-17-30)35-10-11-36-32(26-35)29-56(44(36)61)38-12-14-40(59)51-43(38)60/h3,5-11,13,26-27,30,38,63H,1,4,12,14-25,28-29H2,2H3,(H,48,49,52)(H,51,59,60)/t38?,47-/m1/s1. The van der Waals surface area contributed by atoms with Crippen LogP contribution >= 0.6 is 0 Å². The Kier molecular flexibility index (Phi) is 10.6. The number of nitrogens with one attached hydrogen (secondary N) is 2. The van der Waals surface area contributed by atoms with Crippen molar-refractivity contribution in [3.8, 4) is 5.82 Å². The van der Waals surface area contributed by atoms with Gasteiger partial charge in [-0.25, -0.2) is 19.3 Å². The average molecular weight is 852 g/mol. The first-order valence-corrected chi connectivity index (χ1v) is 22.3. The zero-order valence-electron chi connectivity index (χ0n) is 35.6. The number of imide groups is 1. The molecule has 1 unspecified atom stereocenters. The lowest BCUT2D eigenvalue weighted by atomic mass is 9.95. The lowest BCUT2D eigenvalue weighted by Crippen LogP contribution is -2.52. The van der Waals surface area contributed by atoms with E-state index < -0.39 is 11.6 Å². The molecule has 2 atom stereocenters. The molecule has 16 heteroatoms. The van der Waals surface area contributed by atoms with E-state index in [1.807, 2.05) is 43.3 Å². The van der Waals surface area contributed by atoms with E-state index in [2.05, 4.69) is 55.1 Å². The van der Waals surface area contributed by atoms with Crippen molar-refractivity contribution in [1.82, 2.24) is 39.4 Å². The molecule has 63 heavy (non-hydrogen) atoms.